The van der Waals surface area contributed by atoms with Crippen molar-refractivity contribution in [3.05, 3.63) is 53.3 Å². The van der Waals surface area contributed by atoms with E-state index < -0.39 is 23.7 Å². The van der Waals surface area contributed by atoms with Crippen LogP contribution in [-0.2, 0) is 9.47 Å². The highest BCUT2D eigenvalue weighted by molar-refractivity contribution is 5.66. The molecule has 0 bridgehead atoms. The van der Waals surface area contributed by atoms with Crippen LogP contribution in [0.4, 0.5) is 13.2 Å². The topological polar surface area (TPSA) is 27.7 Å². The molecule has 2 aromatic rings. The van der Waals surface area contributed by atoms with E-state index in [9.17, 15) is 13.2 Å². The maximum absolute atomic E-state index is 14.6. The standard InChI is InChI=1S/C21H21F3O3/c1-2-25-18-8-7-16(19(23)20(18)24)15-6-5-13(9-17(15)22)21-26-10-14(11-27-21)12-3-4-12/h5-9,12,14,21H,2-4,10-11H2,1H3. The van der Waals surface area contributed by atoms with Gasteiger partial charge in [0.15, 0.2) is 17.9 Å². The van der Waals surface area contributed by atoms with Gasteiger partial charge in [0.25, 0.3) is 0 Å². The van der Waals surface area contributed by atoms with Crippen LogP contribution in [0, 0.1) is 29.3 Å². The van der Waals surface area contributed by atoms with E-state index in [1.54, 1.807) is 13.0 Å². The Balaban J connectivity index is 1.54. The molecule has 27 heavy (non-hydrogen) atoms. The molecule has 2 aliphatic rings. The summed E-state index contributed by atoms with van der Waals surface area (Å²) in [6, 6.07) is 6.91. The summed E-state index contributed by atoms with van der Waals surface area (Å²) in [5, 5.41) is 0. The van der Waals surface area contributed by atoms with Gasteiger partial charge in [0.1, 0.15) is 5.82 Å². The first kappa shape index (κ1) is 18.3. The van der Waals surface area contributed by atoms with Gasteiger partial charge in [0.2, 0.25) is 5.82 Å². The quantitative estimate of drug-likeness (QED) is 0.712. The molecule has 4 rings (SSSR count). The molecule has 1 saturated carbocycles. The van der Waals surface area contributed by atoms with E-state index in [0.29, 0.717) is 30.6 Å². The summed E-state index contributed by atoms with van der Waals surface area (Å²) in [5.74, 6) is -2.02. The highest BCUT2D eigenvalue weighted by Gasteiger charge is 2.35. The van der Waals surface area contributed by atoms with Gasteiger partial charge in [0, 0.05) is 22.6 Å². The Kier molecular flexibility index (Phi) is 5.10. The molecule has 0 N–H and O–H groups in total. The molecule has 0 amide bonds. The van der Waals surface area contributed by atoms with Gasteiger partial charge in [-0.1, -0.05) is 12.1 Å². The molecule has 0 spiro atoms. The van der Waals surface area contributed by atoms with Crippen molar-refractivity contribution >= 4 is 0 Å². The molecule has 1 heterocycles. The fourth-order valence-corrected chi connectivity index (χ4v) is 3.45. The predicted molar refractivity (Wildman–Crippen MR) is 93.8 cm³/mol. The molecule has 0 aromatic heterocycles. The summed E-state index contributed by atoms with van der Waals surface area (Å²) in [6.07, 6.45) is 1.80. The van der Waals surface area contributed by atoms with Crippen LogP contribution in [0.3, 0.4) is 0 Å². The number of ether oxygens (including phenoxy) is 3. The van der Waals surface area contributed by atoms with Crippen LogP contribution < -0.4 is 4.74 Å². The second-order valence-corrected chi connectivity index (χ2v) is 7.01. The lowest BCUT2D eigenvalue weighted by Gasteiger charge is -2.29. The van der Waals surface area contributed by atoms with Crippen LogP contribution in [0.5, 0.6) is 5.75 Å². The van der Waals surface area contributed by atoms with E-state index in [0.717, 1.165) is 0 Å². The Morgan fingerprint density at radius 1 is 0.926 bits per heavy atom. The molecule has 2 fully saturated rings. The average Bonchev–Trinajstić information content (AvgIpc) is 3.52. The van der Waals surface area contributed by atoms with E-state index in [2.05, 4.69) is 0 Å². The van der Waals surface area contributed by atoms with Crippen molar-refractivity contribution in [2.75, 3.05) is 19.8 Å². The van der Waals surface area contributed by atoms with Gasteiger partial charge in [-0.2, -0.15) is 4.39 Å². The molecule has 1 aliphatic heterocycles. The lowest BCUT2D eigenvalue weighted by molar-refractivity contribution is -0.208. The molecule has 2 aromatic carbocycles. The Morgan fingerprint density at radius 3 is 2.26 bits per heavy atom. The lowest BCUT2D eigenvalue weighted by Crippen LogP contribution is -2.28. The first-order valence-electron chi connectivity index (χ1n) is 9.22. The van der Waals surface area contributed by atoms with Crippen LogP contribution in [0.1, 0.15) is 31.6 Å². The minimum atomic E-state index is -1.13. The van der Waals surface area contributed by atoms with Crippen molar-refractivity contribution in [3.63, 3.8) is 0 Å². The van der Waals surface area contributed by atoms with Crippen molar-refractivity contribution in [3.8, 4) is 16.9 Å². The van der Waals surface area contributed by atoms with Crippen LogP contribution >= 0.6 is 0 Å². The molecule has 6 heteroatoms. The third-order valence-corrected chi connectivity index (χ3v) is 5.11. The third-order valence-electron chi connectivity index (χ3n) is 5.11. The van der Waals surface area contributed by atoms with Crippen molar-refractivity contribution < 1.29 is 27.4 Å². The summed E-state index contributed by atoms with van der Waals surface area (Å²) < 4.78 is 59.5. The molecular weight excluding hydrogens is 357 g/mol. The summed E-state index contributed by atoms with van der Waals surface area (Å²) in [7, 11) is 0. The van der Waals surface area contributed by atoms with Gasteiger partial charge in [-0.05, 0) is 43.9 Å². The Morgan fingerprint density at radius 2 is 1.63 bits per heavy atom. The van der Waals surface area contributed by atoms with E-state index in [1.165, 1.54) is 37.1 Å². The van der Waals surface area contributed by atoms with Gasteiger partial charge in [0.05, 0.1) is 19.8 Å². The molecule has 1 aliphatic carbocycles. The summed E-state index contributed by atoms with van der Waals surface area (Å²) >= 11 is 0. The zero-order chi connectivity index (χ0) is 19.0. The van der Waals surface area contributed by atoms with Crippen LogP contribution in [0.2, 0.25) is 0 Å². The van der Waals surface area contributed by atoms with Crippen molar-refractivity contribution in [1.29, 1.82) is 0 Å². The molecule has 0 radical (unpaired) electrons. The Labute approximate surface area is 156 Å². The van der Waals surface area contributed by atoms with E-state index in [4.69, 9.17) is 14.2 Å². The van der Waals surface area contributed by atoms with Crippen LogP contribution in [-0.4, -0.2) is 19.8 Å². The van der Waals surface area contributed by atoms with Crippen LogP contribution in [0.15, 0.2) is 30.3 Å². The fraction of sp³-hybridized carbons (Fsp3) is 0.429. The van der Waals surface area contributed by atoms with E-state index >= 15 is 0 Å². The molecule has 144 valence electrons. The van der Waals surface area contributed by atoms with Gasteiger partial charge >= 0.3 is 0 Å². The number of rotatable bonds is 5. The van der Waals surface area contributed by atoms with Crippen molar-refractivity contribution in [1.82, 2.24) is 0 Å². The maximum Gasteiger partial charge on any atom is 0.201 e. The largest absolute Gasteiger partial charge is 0.491 e. The van der Waals surface area contributed by atoms with E-state index in [-0.39, 0.29) is 23.5 Å². The zero-order valence-electron chi connectivity index (χ0n) is 15.0. The lowest BCUT2D eigenvalue weighted by atomic mass is 10.0. The number of hydrogen-bond donors (Lipinski definition) is 0. The van der Waals surface area contributed by atoms with Gasteiger partial charge < -0.3 is 14.2 Å². The zero-order valence-corrected chi connectivity index (χ0v) is 15.0. The maximum atomic E-state index is 14.6. The van der Waals surface area contributed by atoms with Crippen LogP contribution in [0.25, 0.3) is 11.1 Å². The van der Waals surface area contributed by atoms with Gasteiger partial charge in [-0.3, -0.25) is 0 Å². The predicted octanol–water partition coefficient (Wildman–Crippen LogP) is 5.24. The van der Waals surface area contributed by atoms with Gasteiger partial charge in [-0.25, -0.2) is 8.78 Å². The van der Waals surface area contributed by atoms with Crippen molar-refractivity contribution in [2.24, 2.45) is 11.8 Å². The van der Waals surface area contributed by atoms with Crippen molar-refractivity contribution in [2.45, 2.75) is 26.1 Å². The molecular formula is C21H21F3O3. The summed E-state index contributed by atoms with van der Waals surface area (Å²) in [5.41, 5.74) is 0.349. The second-order valence-electron chi connectivity index (χ2n) is 7.01. The minimum absolute atomic E-state index is 0.0233. The average molecular weight is 378 g/mol. The highest BCUT2D eigenvalue weighted by atomic mass is 19.2. The smallest absolute Gasteiger partial charge is 0.201 e. The third kappa shape index (κ3) is 3.69. The summed E-state index contributed by atoms with van der Waals surface area (Å²) in [4.78, 5) is 0. The molecule has 3 nitrogen and oxygen atoms in total. The number of halogens is 3. The molecule has 0 unspecified atom stereocenters. The SMILES string of the molecule is CCOc1ccc(-c2ccc(C3OCC(C4CC4)CO3)cc2F)c(F)c1F. The minimum Gasteiger partial charge on any atom is -0.491 e. The Bertz CT molecular complexity index is 828. The number of benzene rings is 2. The van der Waals surface area contributed by atoms with E-state index in [1.807, 2.05) is 0 Å². The first-order valence-corrected chi connectivity index (χ1v) is 9.22. The van der Waals surface area contributed by atoms with Gasteiger partial charge in [-0.15, -0.1) is 0 Å². The highest BCUT2D eigenvalue weighted by Crippen LogP contribution is 2.41. The first-order chi connectivity index (χ1) is 13.1. The molecule has 0 atom stereocenters. The Hall–Kier alpha value is -2.05. The fourth-order valence-electron chi connectivity index (χ4n) is 3.45. The monoisotopic (exact) mass is 378 g/mol. The normalized spacial score (nSPS) is 22.7. The number of hydrogen-bond acceptors (Lipinski definition) is 3. The summed E-state index contributed by atoms with van der Waals surface area (Å²) in [6.45, 7) is 3.07. The second kappa shape index (κ2) is 7.52. The molecule has 1 saturated heterocycles.